The number of nitrogens with zero attached hydrogens (tertiary/aromatic N) is 6. The number of rotatable bonds is 4. The van der Waals surface area contributed by atoms with Gasteiger partial charge in [-0.25, -0.2) is 0 Å². The fraction of sp³-hybridized carbons (Fsp3) is 0.429. The number of hydrogen-bond acceptors (Lipinski definition) is 5. The summed E-state index contributed by atoms with van der Waals surface area (Å²) in [4.78, 5) is 1.61. The summed E-state index contributed by atoms with van der Waals surface area (Å²) in [5, 5.41) is 21.3. The van der Waals surface area contributed by atoms with E-state index in [0.29, 0.717) is 18.4 Å². The van der Waals surface area contributed by atoms with E-state index in [9.17, 15) is 0 Å². The molecule has 108 valence electrons. The first kappa shape index (κ1) is 12.7. The van der Waals surface area contributed by atoms with Gasteiger partial charge in [-0.1, -0.05) is 12.8 Å². The minimum atomic E-state index is 0.566. The molecule has 0 aliphatic heterocycles. The molecule has 3 heterocycles. The molecule has 0 N–H and O–H groups in total. The van der Waals surface area contributed by atoms with Gasteiger partial charge in [0.15, 0.2) is 0 Å². The zero-order valence-electron chi connectivity index (χ0n) is 11.6. The van der Waals surface area contributed by atoms with Gasteiger partial charge in [-0.05, 0) is 35.6 Å². The van der Waals surface area contributed by atoms with E-state index in [1.54, 1.807) is 16.1 Å². The average Bonchev–Trinajstić information content (AvgIpc) is 3.28. The summed E-state index contributed by atoms with van der Waals surface area (Å²) in [7, 11) is 0. The molecule has 21 heavy (non-hydrogen) atoms. The molecule has 1 saturated carbocycles. The quantitative estimate of drug-likeness (QED) is 0.743. The van der Waals surface area contributed by atoms with Crippen molar-refractivity contribution in [2.45, 2.75) is 38.3 Å². The van der Waals surface area contributed by atoms with Crippen LogP contribution in [-0.4, -0.2) is 30.0 Å². The number of thiophene rings is 1. The highest BCUT2D eigenvalue weighted by Crippen LogP contribution is 2.28. The maximum atomic E-state index is 4.65. The first-order valence-corrected chi connectivity index (χ1v) is 8.17. The van der Waals surface area contributed by atoms with Crippen molar-refractivity contribution in [1.82, 2.24) is 30.0 Å². The highest BCUT2D eigenvalue weighted by Gasteiger charge is 2.17. The highest BCUT2D eigenvalue weighted by atomic mass is 32.1. The van der Waals surface area contributed by atoms with Gasteiger partial charge in [-0.2, -0.15) is 21.2 Å². The van der Waals surface area contributed by atoms with Crippen LogP contribution in [0.1, 0.15) is 37.4 Å². The van der Waals surface area contributed by atoms with Gasteiger partial charge in [0.2, 0.25) is 5.82 Å². The molecule has 1 fully saturated rings. The topological polar surface area (TPSA) is 61.4 Å². The second-order valence-corrected chi connectivity index (χ2v) is 6.16. The fourth-order valence-electron chi connectivity index (χ4n) is 2.80. The lowest BCUT2D eigenvalue weighted by Gasteiger charge is -2.08. The van der Waals surface area contributed by atoms with E-state index in [1.807, 2.05) is 22.9 Å². The van der Waals surface area contributed by atoms with Crippen molar-refractivity contribution in [3.63, 3.8) is 0 Å². The predicted octanol–water partition coefficient (Wildman–Crippen LogP) is 2.76. The van der Waals surface area contributed by atoms with Crippen LogP contribution in [0, 0.1) is 0 Å². The first-order valence-electron chi connectivity index (χ1n) is 7.23. The Bertz CT molecular complexity index is 707. The molecule has 1 aliphatic carbocycles. The molecule has 0 atom stereocenters. The lowest BCUT2D eigenvalue weighted by molar-refractivity contribution is 0.457. The van der Waals surface area contributed by atoms with Crippen LogP contribution in [0.25, 0.3) is 11.4 Å². The third kappa shape index (κ3) is 2.61. The van der Waals surface area contributed by atoms with Crippen molar-refractivity contribution in [2.75, 3.05) is 0 Å². The maximum absolute atomic E-state index is 4.65. The summed E-state index contributed by atoms with van der Waals surface area (Å²) in [5.41, 5.74) is 2.00. The molecule has 1 aliphatic rings. The van der Waals surface area contributed by atoms with Crippen molar-refractivity contribution in [1.29, 1.82) is 0 Å². The minimum Gasteiger partial charge on any atom is -0.269 e. The third-order valence-electron chi connectivity index (χ3n) is 3.90. The van der Waals surface area contributed by atoms with E-state index in [2.05, 4.69) is 31.4 Å². The summed E-state index contributed by atoms with van der Waals surface area (Å²) >= 11 is 1.63. The Morgan fingerprint density at radius 2 is 2.10 bits per heavy atom. The number of hydrogen-bond donors (Lipinski definition) is 0. The van der Waals surface area contributed by atoms with Gasteiger partial charge in [-0.3, -0.25) is 4.68 Å². The van der Waals surface area contributed by atoms with Crippen LogP contribution < -0.4 is 0 Å². The van der Waals surface area contributed by atoms with E-state index >= 15 is 0 Å². The van der Waals surface area contributed by atoms with Gasteiger partial charge in [0, 0.05) is 17.1 Å². The predicted molar refractivity (Wildman–Crippen MR) is 80.0 cm³/mol. The Labute approximate surface area is 126 Å². The molecule has 6 nitrogen and oxygen atoms in total. The standard InChI is InChI=1S/C14H16N6S/c1-2-4-13(3-1)19-7-5-12(16-19)9-20-17-14(15-18-20)11-6-8-21-10-11/h5-8,10,13H,1-4,9H2. The van der Waals surface area contributed by atoms with Gasteiger partial charge in [-0.15, -0.1) is 10.2 Å². The Morgan fingerprint density at radius 3 is 2.90 bits per heavy atom. The Balaban J connectivity index is 1.48. The van der Waals surface area contributed by atoms with Crippen molar-refractivity contribution >= 4 is 11.3 Å². The molecule has 0 amide bonds. The van der Waals surface area contributed by atoms with Crippen LogP contribution in [0.5, 0.6) is 0 Å². The van der Waals surface area contributed by atoms with Crippen LogP contribution in [0.15, 0.2) is 29.1 Å². The lowest BCUT2D eigenvalue weighted by atomic mass is 10.3. The van der Waals surface area contributed by atoms with Crippen LogP contribution in [-0.2, 0) is 6.54 Å². The molecule has 0 bridgehead atoms. The zero-order chi connectivity index (χ0) is 14.1. The van der Waals surface area contributed by atoms with E-state index in [0.717, 1.165) is 11.3 Å². The van der Waals surface area contributed by atoms with E-state index in [4.69, 9.17) is 0 Å². The lowest BCUT2D eigenvalue weighted by Crippen LogP contribution is -2.08. The average molecular weight is 300 g/mol. The molecule has 0 unspecified atom stereocenters. The highest BCUT2D eigenvalue weighted by molar-refractivity contribution is 7.08. The summed E-state index contributed by atoms with van der Waals surface area (Å²) in [6.07, 6.45) is 7.18. The number of aromatic nitrogens is 6. The Morgan fingerprint density at radius 1 is 1.19 bits per heavy atom. The van der Waals surface area contributed by atoms with Gasteiger partial charge in [0.1, 0.15) is 6.54 Å². The Hall–Kier alpha value is -2.02. The Kier molecular flexibility index (Phi) is 3.27. The molecule has 0 saturated heterocycles. The molecule has 3 aromatic heterocycles. The van der Waals surface area contributed by atoms with E-state index in [-0.39, 0.29) is 0 Å². The molecular formula is C14H16N6S. The molecule has 0 aromatic carbocycles. The van der Waals surface area contributed by atoms with E-state index in [1.165, 1.54) is 25.7 Å². The van der Waals surface area contributed by atoms with Gasteiger partial charge in [0.05, 0.1) is 11.7 Å². The van der Waals surface area contributed by atoms with Crippen LogP contribution in [0.2, 0.25) is 0 Å². The van der Waals surface area contributed by atoms with Gasteiger partial charge < -0.3 is 0 Å². The third-order valence-corrected chi connectivity index (χ3v) is 4.58. The molecule has 0 radical (unpaired) electrons. The summed E-state index contributed by atoms with van der Waals surface area (Å²) in [6.45, 7) is 0.566. The monoisotopic (exact) mass is 300 g/mol. The van der Waals surface area contributed by atoms with Crippen molar-refractivity contribution < 1.29 is 0 Å². The van der Waals surface area contributed by atoms with Crippen LogP contribution in [0.4, 0.5) is 0 Å². The smallest absolute Gasteiger partial charge is 0.205 e. The fourth-order valence-corrected chi connectivity index (χ4v) is 3.43. The minimum absolute atomic E-state index is 0.566. The number of tetrazole rings is 1. The summed E-state index contributed by atoms with van der Waals surface area (Å²) in [5.74, 6) is 0.673. The largest absolute Gasteiger partial charge is 0.269 e. The van der Waals surface area contributed by atoms with Gasteiger partial charge in [0.25, 0.3) is 0 Å². The molecule has 7 heteroatoms. The normalized spacial score (nSPS) is 15.8. The molecular weight excluding hydrogens is 284 g/mol. The van der Waals surface area contributed by atoms with E-state index < -0.39 is 0 Å². The summed E-state index contributed by atoms with van der Waals surface area (Å²) < 4.78 is 2.10. The second-order valence-electron chi connectivity index (χ2n) is 5.38. The maximum Gasteiger partial charge on any atom is 0.205 e. The van der Waals surface area contributed by atoms with Crippen molar-refractivity contribution in [3.05, 3.63) is 34.8 Å². The first-order chi connectivity index (χ1) is 10.4. The van der Waals surface area contributed by atoms with Crippen LogP contribution in [0.3, 0.4) is 0 Å². The summed E-state index contributed by atoms with van der Waals surface area (Å²) in [6, 6.07) is 4.62. The SMILES string of the molecule is c1cc(-c2nnn(Cc3ccn(C4CCCC4)n3)n2)cs1. The van der Waals surface area contributed by atoms with Gasteiger partial charge >= 0.3 is 0 Å². The molecule has 4 rings (SSSR count). The molecule has 3 aromatic rings. The second kappa shape index (κ2) is 5.40. The van der Waals surface area contributed by atoms with Crippen molar-refractivity contribution in [2.24, 2.45) is 0 Å². The zero-order valence-corrected chi connectivity index (χ0v) is 12.4. The molecule has 0 spiro atoms. The van der Waals surface area contributed by atoms with Crippen LogP contribution >= 0.6 is 11.3 Å². The van der Waals surface area contributed by atoms with Crippen molar-refractivity contribution in [3.8, 4) is 11.4 Å².